The molecule has 29 heavy (non-hydrogen) atoms. The van der Waals surface area contributed by atoms with Crippen LogP contribution < -0.4 is 5.32 Å². The maximum Gasteiger partial charge on any atom is 0.238 e. The third kappa shape index (κ3) is 5.19. The second-order valence-corrected chi connectivity index (χ2v) is 7.68. The van der Waals surface area contributed by atoms with E-state index in [1.165, 1.54) is 16.5 Å². The first kappa shape index (κ1) is 19.6. The minimum absolute atomic E-state index is 0.0599. The molecule has 1 aliphatic heterocycles. The van der Waals surface area contributed by atoms with Crippen LogP contribution in [-0.2, 0) is 17.8 Å². The zero-order valence-electron chi connectivity index (χ0n) is 17.0. The predicted molar refractivity (Wildman–Crippen MR) is 118 cm³/mol. The van der Waals surface area contributed by atoms with Crippen LogP contribution in [0.4, 0.5) is 5.69 Å². The molecule has 0 saturated carbocycles. The lowest BCUT2D eigenvalue weighted by atomic mass is 10.1. The van der Waals surface area contributed by atoms with Gasteiger partial charge in [-0.2, -0.15) is 0 Å². The van der Waals surface area contributed by atoms with Crippen molar-refractivity contribution in [2.45, 2.75) is 19.9 Å². The van der Waals surface area contributed by atoms with E-state index in [1.54, 1.807) is 0 Å². The number of piperazine rings is 1. The standard InChI is InChI=1S/C24H28N4O/c1-2-19-5-8-22(9-6-19)26-24(29)18-28-14-12-27(13-15-28)17-20-7-10-23-21(16-20)4-3-11-25-23/h3-11,16H,2,12-15,17-18H2,1H3,(H,26,29). The molecule has 2 heterocycles. The molecule has 0 unspecified atom stereocenters. The Hall–Kier alpha value is -2.76. The normalized spacial score (nSPS) is 15.5. The maximum absolute atomic E-state index is 12.4. The minimum Gasteiger partial charge on any atom is -0.325 e. The van der Waals surface area contributed by atoms with E-state index in [0.29, 0.717) is 6.54 Å². The Morgan fingerprint density at radius 1 is 0.966 bits per heavy atom. The zero-order valence-corrected chi connectivity index (χ0v) is 17.0. The number of carbonyl (C=O) groups is 1. The fourth-order valence-electron chi connectivity index (χ4n) is 3.81. The lowest BCUT2D eigenvalue weighted by molar-refractivity contribution is -0.117. The number of nitrogens with zero attached hydrogens (tertiary/aromatic N) is 3. The second kappa shape index (κ2) is 9.16. The summed E-state index contributed by atoms with van der Waals surface area (Å²) in [4.78, 5) is 21.4. The van der Waals surface area contributed by atoms with Gasteiger partial charge in [0.05, 0.1) is 12.1 Å². The number of carbonyl (C=O) groups excluding carboxylic acids is 1. The molecule has 1 aromatic heterocycles. The quantitative estimate of drug-likeness (QED) is 0.702. The van der Waals surface area contributed by atoms with Crippen LogP contribution in [0.1, 0.15) is 18.1 Å². The van der Waals surface area contributed by atoms with Gasteiger partial charge in [0.15, 0.2) is 0 Å². The van der Waals surface area contributed by atoms with Crippen molar-refractivity contribution in [2.24, 2.45) is 0 Å². The van der Waals surface area contributed by atoms with Crippen LogP contribution in [0, 0.1) is 0 Å². The van der Waals surface area contributed by atoms with Crippen LogP contribution in [0.5, 0.6) is 0 Å². The van der Waals surface area contributed by atoms with Gasteiger partial charge in [0, 0.05) is 50.0 Å². The number of nitrogens with one attached hydrogen (secondary N) is 1. The number of amides is 1. The van der Waals surface area contributed by atoms with Crippen molar-refractivity contribution in [2.75, 3.05) is 38.0 Å². The highest BCUT2D eigenvalue weighted by molar-refractivity contribution is 5.92. The lowest BCUT2D eigenvalue weighted by Gasteiger charge is -2.34. The molecule has 1 aliphatic rings. The van der Waals surface area contributed by atoms with Crippen LogP contribution >= 0.6 is 0 Å². The molecule has 1 N–H and O–H groups in total. The van der Waals surface area contributed by atoms with E-state index < -0.39 is 0 Å². The van der Waals surface area contributed by atoms with Gasteiger partial charge in [-0.05, 0) is 47.9 Å². The van der Waals surface area contributed by atoms with E-state index in [-0.39, 0.29) is 5.91 Å². The molecule has 5 nitrogen and oxygen atoms in total. The van der Waals surface area contributed by atoms with Crippen LogP contribution in [-0.4, -0.2) is 53.4 Å². The summed E-state index contributed by atoms with van der Waals surface area (Å²) < 4.78 is 0. The Bertz CT molecular complexity index is 962. The first-order valence-electron chi connectivity index (χ1n) is 10.4. The van der Waals surface area contributed by atoms with Crippen molar-refractivity contribution in [3.8, 4) is 0 Å². The summed E-state index contributed by atoms with van der Waals surface area (Å²) in [6.07, 6.45) is 2.84. The van der Waals surface area contributed by atoms with Crippen LogP contribution in [0.15, 0.2) is 60.8 Å². The van der Waals surface area contributed by atoms with Gasteiger partial charge < -0.3 is 5.32 Å². The topological polar surface area (TPSA) is 48.5 Å². The number of hydrogen-bond acceptors (Lipinski definition) is 4. The largest absolute Gasteiger partial charge is 0.325 e. The highest BCUT2D eigenvalue weighted by Gasteiger charge is 2.19. The summed E-state index contributed by atoms with van der Waals surface area (Å²) in [5.41, 5.74) is 4.50. The number of anilines is 1. The smallest absolute Gasteiger partial charge is 0.238 e. The van der Waals surface area contributed by atoms with Gasteiger partial charge >= 0.3 is 0 Å². The first-order chi connectivity index (χ1) is 14.2. The summed E-state index contributed by atoms with van der Waals surface area (Å²) in [6, 6.07) is 18.7. The summed E-state index contributed by atoms with van der Waals surface area (Å²) in [5.74, 6) is 0.0599. The Balaban J connectivity index is 1.24. The van der Waals surface area contributed by atoms with Gasteiger partial charge in [0.2, 0.25) is 5.91 Å². The van der Waals surface area contributed by atoms with Crippen molar-refractivity contribution in [1.82, 2.24) is 14.8 Å². The molecular weight excluding hydrogens is 360 g/mol. The third-order valence-electron chi connectivity index (χ3n) is 5.55. The van der Waals surface area contributed by atoms with Gasteiger partial charge in [0.25, 0.3) is 0 Å². The fraction of sp³-hybridized carbons (Fsp3) is 0.333. The number of benzene rings is 2. The van der Waals surface area contributed by atoms with Crippen LogP contribution in [0.3, 0.4) is 0 Å². The Labute approximate surface area is 172 Å². The number of pyridine rings is 1. The zero-order chi connectivity index (χ0) is 20.1. The summed E-state index contributed by atoms with van der Waals surface area (Å²) in [5, 5.41) is 4.20. The molecule has 5 heteroatoms. The Morgan fingerprint density at radius 3 is 2.45 bits per heavy atom. The molecular formula is C24H28N4O. The molecule has 3 aromatic rings. The summed E-state index contributed by atoms with van der Waals surface area (Å²) in [7, 11) is 0. The first-order valence-corrected chi connectivity index (χ1v) is 10.4. The van der Waals surface area contributed by atoms with E-state index in [1.807, 2.05) is 24.4 Å². The van der Waals surface area contributed by atoms with E-state index in [4.69, 9.17) is 0 Å². The van der Waals surface area contributed by atoms with Crippen molar-refractivity contribution in [3.05, 3.63) is 71.9 Å². The third-order valence-corrected chi connectivity index (χ3v) is 5.55. The van der Waals surface area contributed by atoms with E-state index >= 15 is 0 Å². The maximum atomic E-state index is 12.4. The molecule has 1 amide bonds. The molecule has 150 valence electrons. The lowest BCUT2D eigenvalue weighted by Crippen LogP contribution is -2.48. The minimum atomic E-state index is 0.0599. The Kier molecular flexibility index (Phi) is 6.17. The second-order valence-electron chi connectivity index (χ2n) is 7.68. The molecule has 0 radical (unpaired) electrons. The molecule has 2 aromatic carbocycles. The average molecular weight is 389 g/mol. The molecule has 1 fully saturated rings. The van der Waals surface area contributed by atoms with Crippen LogP contribution in [0.2, 0.25) is 0 Å². The monoisotopic (exact) mass is 388 g/mol. The SMILES string of the molecule is CCc1ccc(NC(=O)CN2CCN(Cc3ccc4ncccc4c3)CC2)cc1. The van der Waals surface area contributed by atoms with Crippen molar-refractivity contribution in [3.63, 3.8) is 0 Å². The van der Waals surface area contributed by atoms with Crippen molar-refractivity contribution >= 4 is 22.5 Å². The number of rotatable bonds is 6. The van der Waals surface area contributed by atoms with Gasteiger partial charge in [-0.25, -0.2) is 0 Å². The number of fused-ring (bicyclic) bond motifs is 1. The predicted octanol–water partition coefficient (Wildman–Crippen LogP) is 3.55. The molecule has 0 atom stereocenters. The highest BCUT2D eigenvalue weighted by atomic mass is 16.2. The Morgan fingerprint density at radius 2 is 1.69 bits per heavy atom. The van der Waals surface area contributed by atoms with Crippen LogP contribution in [0.25, 0.3) is 10.9 Å². The summed E-state index contributed by atoms with van der Waals surface area (Å²) in [6.45, 7) is 7.30. The van der Waals surface area contributed by atoms with Gasteiger partial charge in [-0.1, -0.05) is 31.2 Å². The number of aryl methyl sites for hydroxylation is 1. The molecule has 0 bridgehead atoms. The molecule has 1 saturated heterocycles. The van der Waals surface area contributed by atoms with Crippen molar-refractivity contribution in [1.29, 1.82) is 0 Å². The average Bonchev–Trinajstić information content (AvgIpc) is 2.75. The van der Waals surface area contributed by atoms with Gasteiger partial charge in [-0.15, -0.1) is 0 Å². The number of hydrogen-bond donors (Lipinski definition) is 1. The van der Waals surface area contributed by atoms with Gasteiger partial charge in [0.1, 0.15) is 0 Å². The van der Waals surface area contributed by atoms with Gasteiger partial charge in [-0.3, -0.25) is 19.6 Å². The summed E-state index contributed by atoms with van der Waals surface area (Å²) >= 11 is 0. The van der Waals surface area contributed by atoms with Crippen molar-refractivity contribution < 1.29 is 4.79 Å². The number of aromatic nitrogens is 1. The molecule has 0 aliphatic carbocycles. The van der Waals surface area contributed by atoms with E-state index in [9.17, 15) is 4.79 Å². The highest BCUT2D eigenvalue weighted by Crippen LogP contribution is 2.16. The molecule has 4 rings (SSSR count). The molecule has 0 spiro atoms. The fourth-order valence-corrected chi connectivity index (χ4v) is 3.81. The van der Waals surface area contributed by atoms with E-state index in [2.05, 4.69) is 63.4 Å². The van der Waals surface area contributed by atoms with E-state index in [0.717, 1.165) is 50.3 Å².